The first-order chi connectivity index (χ1) is 9.15. The van der Waals surface area contributed by atoms with Gasteiger partial charge >= 0.3 is 0 Å². The maximum atomic E-state index is 12.5. The molecule has 1 aliphatic heterocycles. The van der Waals surface area contributed by atoms with E-state index in [9.17, 15) is 4.79 Å². The fourth-order valence-electron chi connectivity index (χ4n) is 2.97. The molecule has 3 rings (SSSR count). The molecular formula is C17H21NO. The van der Waals surface area contributed by atoms with Crippen molar-refractivity contribution in [2.24, 2.45) is 0 Å². The highest BCUT2D eigenvalue weighted by Gasteiger charge is 2.25. The Bertz CT molecular complexity index is 540. The van der Waals surface area contributed by atoms with E-state index in [2.05, 4.69) is 13.0 Å². The lowest BCUT2D eigenvalue weighted by molar-refractivity contribution is 0.0742. The van der Waals surface area contributed by atoms with Gasteiger partial charge in [-0.05, 0) is 51.2 Å². The molecule has 0 bridgehead atoms. The van der Waals surface area contributed by atoms with E-state index in [1.807, 2.05) is 24.0 Å². The van der Waals surface area contributed by atoms with Crippen LogP contribution in [0, 0.1) is 13.8 Å². The smallest absolute Gasteiger partial charge is 0.254 e. The second-order valence-electron chi connectivity index (χ2n) is 5.82. The highest BCUT2D eigenvalue weighted by molar-refractivity contribution is 5.95. The zero-order valence-electron chi connectivity index (χ0n) is 11.8. The van der Waals surface area contributed by atoms with Crippen molar-refractivity contribution in [2.45, 2.75) is 39.5 Å². The van der Waals surface area contributed by atoms with Gasteiger partial charge in [0.15, 0.2) is 0 Å². The Morgan fingerprint density at radius 3 is 2.21 bits per heavy atom. The quantitative estimate of drug-likeness (QED) is 0.702. The first-order valence-corrected chi connectivity index (χ1v) is 7.21. The molecule has 0 radical (unpaired) electrons. The number of benzene rings is 1. The number of piperidine rings is 1. The van der Waals surface area contributed by atoms with E-state index in [-0.39, 0.29) is 5.91 Å². The molecule has 1 saturated heterocycles. The number of aryl methyl sites for hydroxylation is 2. The Labute approximate surface area is 115 Å². The lowest BCUT2D eigenvalue weighted by atomic mass is 10.00. The van der Waals surface area contributed by atoms with Crippen molar-refractivity contribution in [3.63, 3.8) is 0 Å². The molecule has 2 aliphatic rings. The highest BCUT2D eigenvalue weighted by atomic mass is 16.2. The minimum Gasteiger partial charge on any atom is -0.338 e. The highest BCUT2D eigenvalue weighted by Crippen LogP contribution is 2.36. The summed E-state index contributed by atoms with van der Waals surface area (Å²) in [5, 5.41) is 0. The first kappa shape index (κ1) is 12.5. The van der Waals surface area contributed by atoms with Crippen molar-refractivity contribution in [1.82, 2.24) is 4.90 Å². The summed E-state index contributed by atoms with van der Waals surface area (Å²) >= 11 is 0. The lowest BCUT2D eigenvalue weighted by Gasteiger charge is -2.29. The molecule has 1 aromatic rings. The van der Waals surface area contributed by atoms with Gasteiger partial charge in [-0.15, -0.1) is 0 Å². The normalized spacial score (nSPS) is 18.7. The minimum atomic E-state index is 0.206. The minimum absolute atomic E-state index is 0.206. The molecular weight excluding hydrogens is 234 g/mol. The van der Waals surface area contributed by atoms with Gasteiger partial charge in [0.25, 0.3) is 5.91 Å². The second-order valence-corrected chi connectivity index (χ2v) is 5.82. The van der Waals surface area contributed by atoms with Crippen molar-refractivity contribution in [1.29, 1.82) is 0 Å². The van der Waals surface area contributed by atoms with Crippen molar-refractivity contribution in [3.05, 3.63) is 46.0 Å². The second kappa shape index (κ2) is 4.84. The predicted molar refractivity (Wildman–Crippen MR) is 77.3 cm³/mol. The molecule has 0 unspecified atom stereocenters. The Morgan fingerprint density at radius 2 is 1.63 bits per heavy atom. The average molecular weight is 255 g/mol. The van der Waals surface area contributed by atoms with E-state index in [0.717, 1.165) is 37.1 Å². The number of carbonyl (C=O) groups is 1. The molecule has 0 aromatic heterocycles. The number of hydrogen-bond acceptors (Lipinski definition) is 1. The largest absolute Gasteiger partial charge is 0.338 e. The van der Waals surface area contributed by atoms with E-state index >= 15 is 0 Å². The van der Waals surface area contributed by atoms with Gasteiger partial charge in [0.05, 0.1) is 0 Å². The Morgan fingerprint density at radius 1 is 1.00 bits per heavy atom. The third-order valence-corrected chi connectivity index (χ3v) is 4.27. The van der Waals surface area contributed by atoms with E-state index < -0.39 is 0 Å². The number of allylic oxidation sites excluding steroid dienone is 1. The van der Waals surface area contributed by atoms with E-state index in [1.54, 1.807) is 11.1 Å². The Kier molecular flexibility index (Phi) is 3.17. The van der Waals surface area contributed by atoms with Crippen LogP contribution in [0.25, 0.3) is 0 Å². The molecule has 1 heterocycles. The topological polar surface area (TPSA) is 20.3 Å². The molecule has 0 spiro atoms. The van der Waals surface area contributed by atoms with Crippen LogP contribution in [-0.4, -0.2) is 23.9 Å². The van der Waals surface area contributed by atoms with Gasteiger partial charge in [-0.1, -0.05) is 28.8 Å². The summed E-state index contributed by atoms with van der Waals surface area (Å²) < 4.78 is 0. The molecule has 2 heteroatoms. The summed E-state index contributed by atoms with van der Waals surface area (Å²) in [6.07, 6.45) is 4.79. The van der Waals surface area contributed by atoms with Crippen molar-refractivity contribution < 1.29 is 4.79 Å². The summed E-state index contributed by atoms with van der Waals surface area (Å²) in [7, 11) is 0. The third kappa shape index (κ3) is 2.58. The van der Waals surface area contributed by atoms with Crippen LogP contribution in [0.4, 0.5) is 0 Å². The van der Waals surface area contributed by atoms with Crippen LogP contribution in [-0.2, 0) is 0 Å². The number of carbonyl (C=O) groups excluding carboxylic acids is 1. The summed E-state index contributed by atoms with van der Waals surface area (Å²) in [5.74, 6) is 0.206. The SMILES string of the molecule is Cc1ccc(C(=O)N2CCC(=C3CC3)CC2)c(C)c1. The number of rotatable bonds is 1. The number of likely N-dealkylation sites (tertiary alicyclic amines) is 1. The van der Waals surface area contributed by atoms with Crippen LogP contribution in [0.2, 0.25) is 0 Å². The zero-order chi connectivity index (χ0) is 13.4. The van der Waals surface area contributed by atoms with Gasteiger partial charge in [-0.2, -0.15) is 0 Å². The van der Waals surface area contributed by atoms with Crippen LogP contribution < -0.4 is 0 Å². The van der Waals surface area contributed by atoms with Crippen molar-refractivity contribution in [2.75, 3.05) is 13.1 Å². The number of hydrogen-bond donors (Lipinski definition) is 0. The van der Waals surface area contributed by atoms with Crippen LogP contribution in [0.15, 0.2) is 29.3 Å². The number of amides is 1. The Balaban J connectivity index is 1.72. The monoisotopic (exact) mass is 255 g/mol. The lowest BCUT2D eigenvalue weighted by Crippen LogP contribution is -2.36. The Hall–Kier alpha value is -1.57. The van der Waals surface area contributed by atoms with Gasteiger partial charge in [0.1, 0.15) is 0 Å². The van der Waals surface area contributed by atoms with E-state index in [4.69, 9.17) is 0 Å². The fourth-order valence-corrected chi connectivity index (χ4v) is 2.97. The van der Waals surface area contributed by atoms with Gasteiger partial charge in [-0.25, -0.2) is 0 Å². The van der Waals surface area contributed by atoms with Gasteiger partial charge < -0.3 is 4.90 Å². The summed E-state index contributed by atoms with van der Waals surface area (Å²) in [5.41, 5.74) is 6.47. The summed E-state index contributed by atoms with van der Waals surface area (Å²) in [6, 6.07) is 6.10. The predicted octanol–water partition coefficient (Wildman–Crippen LogP) is 3.63. The molecule has 0 N–H and O–H groups in total. The summed E-state index contributed by atoms with van der Waals surface area (Å²) in [4.78, 5) is 14.6. The van der Waals surface area contributed by atoms with Crippen LogP contribution >= 0.6 is 0 Å². The molecule has 0 atom stereocenters. The van der Waals surface area contributed by atoms with E-state index in [0.29, 0.717) is 0 Å². The van der Waals surface area contributed by atoms with Crippen LogP contribution in [0.3, 0.4) is 0 Å². The molecule has 1 amide bonds. The van der Waals surface area contributed by atoms with Crippen molar-refractivity contribution >= 4 is 5.91 Å². The average Bonchev–Trinajstić information content (AvgIpc) is 3.22. The van der Waals surface area contributed by atoms with Crippen LogP contribution in [0.1, 0.15) is 47.2 Å². The number of nitrogens with zero attached hydrogens (tertiary/aromatic N) is 1. The molecule has 1 aromatic carbocycles. The van der Waals surface area contributed by atoms with Crippen molar-refractivity contribution in [3.8, 4) is 0 Å². The van der Waals surface area contributed by atoms with E-state index in [1.165, 1.54) is 18.4 Å². The first-order valence-electron chi connectivity index (χ1n) is 7.21. The molecule has 1 saturated carbocycles. The zero-order valence-corrected chi connectivity index (χ0v) is 11.8. The maximum Gasteiger partial charge on any atom is 0.254 e. The molecule has 19 heavy (non-hydrogen) atoms. The standard InChI is InChI=1S/C17H21NO/c1-12-3-6-16(13(2)11-12)17(19)18-9-7-15(8-10-18)14-4-5-14/h3,6,11H,4-5,7-10H2,1-2H3. The fraction of sp³-hybridized carbons (Fsp3) is 0.471. The molecule has 100 valence electrons. The van der Waals surface area contributed by atoms with Gasteiger partial charge in [-0.3, -0.25) is 4.79 Å². The summed E-state index contributed by atoms with van der Waals surface area (Å²) in [6.45, 7) is 5.88. The molecule has 1 aliphatic carbocycles. The van der Waals surface area contributed by atoms with Gasteiger partial charge in [0, 0.05) is 18.7 Å². The third-order valence-electron chi connectivity index (χ3n) is 4.27. The maximum absolute atomic E-state index is 12.5. The van der Waals surface area contributed by atoms with Crippen LogP contribution in [0.5, 0.6) is 0 Å². The van der Waals surface area contributed by atoms with Gasteiger partial charge in [0.2, 0.25) is 0 Å². The molecule has 2 nitrogen and oxygen atoms in total. The molecule has 2 fully saturated rings.